The fourth-order valence-corrected chi connectivity index (χ4v) is 8.67. The topological polar surface area (TPSA) is 23.5 Å². The zero-order valence-electron chi connectivity index (χ0n) is 29.5. The third-order valence-electron chi connectivity index (χ3n) is 11.1. The van der Waals surface area contributed by atoms with E-state index in [4.69, 9.17) is 13.1 Å². The third-order valence-corrected chi connectivity index (χ3v) is 11.1. The minimum atomic E-state index is 0.552. The van der Waals surface area contributed by atoms with Crippen molar-refractivity contribution < 1.29 is 0 Å². The highest BCUT2D eigenvalue weighted by atomic mass is 15.0. The smallest absolute Gasteiger partial charge is 0.210 e. The molecule has 0 radical (unpaired) electrons. The maximum absolute atomic E-state index is 8.16. The SMILES string of the molecule is [C-]#[N+]c1ccc2c3ccccc3n(-c3cc(-c4cccc(-n5c6ccccc6c6ccc(-n7c8ccccc8c8ccccc87)cc65)c4)ccc3[N+]#[C-])c2c1. The van der Waals surface area contributed by atoms with Crippen LogP contribution in [0.15, 0.2) is 176 Å². The van der Waals surface area contributed by atoms with Crippen LogP contribution >= 0.6 is 0 Å². The summed E-state index contributed by atoms with van der Waals surface area (Å²) in [5, 5.41) is 7.01. The Morgan fingerprint density at radius 2 is 0.818 bits per heavy atom. The summed E-state index contributed by atoms with van der Waals surface area (Å²) in [6.45, 7) is 15.9. The average molecular weight is 700 g/mol. The average Bonchev–Trinajstić information content (AvgIpc) is 3.88. The Morgan fingerprint density at radius 1 is 0.327 bits per heavy atom. The van der Waals surface area contributed by atoms with Gasteiger partial charge in [-0.25, -0.2) is 9.69 Å². The zero-order chi connectivity index (χ0) is 36.6. The number of fused-ring (bicyclic) bond motifs is 9. The molecule has 0 saturated carbocycles. The molecule has 0 unspecified atom stereocenters. The van der Waals surface area contributed by atoms with Crippen LogP contribution in [0, 0.1) is 13.1 Å². The molecule has 0 amide bonds. The lowest BCUT2D eigenvalue weighted by Crippen LogP contribution is -1.98. The molecule has 0 aliphatic carbocycles. The molecule has 0 aliphatic rings. The lowest BCUT2D eigenvalue weighted by atomic mass is 10.0. The first-order valence-electron chi connectivity index (χ1n) is 18.3. The van der Waals surface area contributed by atoms with Gasteiger partial charge in [-0.2, -0.15) is 0 Å². The fourth-order valence-electron chi connectivity index (χ4n) is 8.67. The van der Waals surface area contributed by atoms with Crippen LogP contribution in [0.1, 0.15) is 0 Å². The minimum Gasteiger partial charge on any atom is -0.320 e. The summed E-state index contributed by atoms with van der Waals surface area (Å²) in [6.07, 6.45) is 0. The molecule has 0 aliphatic heterocycles. The van der Waals surface area contributed by atoms with Crippen LogP contribution in [0.3, 0.4) is 0 Å². The van der Waals surface area contributed by atoms with Gasteiger partial charge in [-0.1, -0.05) is 115 Å². The maximum Gasteiger partial charge on any atom is 0.210 e. The van der Waals surface area contributed by atoms with Gasteiger partial charge < -0.3 is 13.7 Å². The van der Waals surface area contributed by atoms with Crippen molar-refractivity contribution in [1.82, 2.24) is 13.7 Å². The Labute approximate surface area is 316 Å². The summed E-state index contributed by atoms with van der Waals surface area (Å²) in [7, 11) is 0. The highest BCUT2D eigenvalue weighted by Gasteiger charge is 2.19. The molecule has 5 nitrogen and oxygen atoms in total. The van der Waals surface area contributed by atoms with Crippen LogP contribution in [0.25, 0.3) is 103 Å². The van der Waals surface area contributed by atoms with E-state index in [2.05, 4.69) is 157 Å². The van der Waals surface area contributed by atoms with Crippen molar-refractivity contribution in [3.05, 3.63) is 199 Å². The summed E-state index contributed by atoms with van der Waals surface area (Å²) < 4.78 is 6.89. The Morgan fingerprint density at radius 3 is 1.42 bits per heavy atom. The zero-order valence-corrected chi connectivity index (χ0v) is 29.5. The summed E-state index contributed by atoms with van der Waals surface area (Å²) in [5.74, 6) is 0. The molecule has 0 bridgehead atoms. The van der Waals surface area contributed by atoms with Gasteiger partial charge in [-0.3, -0.25) is 0 Å². The van der Waals surface area contributed by atoms with Crippen LogP contribution in [0.2, 0.25) is 0 Å². The van der Waals surface area contributed by atoms with Crippen molar-refractivity contribution in [1.29, 1.82) is 0 Å². The number of hydrogen-bond donors (Lipinski definition) is 0. The summed E-state index contributed by atoms with van der Waals surface area (Å²) in [5.41, 5.74) is 12.7. The highest BCUT2D eigenvalue weighted by molar-refractivity contribution is 6.13. The molecular formula is C50H29N5. The number of benzene rings is 8. The lowest BCUT2D eigenvalue weighted by Gasteiger charge is -2.14. The first-order valence-corrected chi connectivity index (χ1v) is 18.3. The van der Waals surface area contributed by atoms with E-state index in [-0.39, 0.29) is 0 Å². The minimum absolute atomic E-state index is 0.552. The standard InChI is InChI=1S/C50H29N5/c1-51-34-23-25-41-40-17-6-10-21-47(40)55(48(41)30-34)50-29-33(22-27-43(50)52-2)32-12-11-13-35(28-32)54-46-20-9-5-16-39(46)42-26-24-36(31-49(42)54)53-44-18-7-3-14-37(44)38-15-4-8-19-45(38)53/h3-31H. The van der Waals surface area contributed by atoms with E-state index < -0.39 is 0 Å². The van der Waals surface area contributed by atoms with Gasteiger partial charge in [-0.15, -0.1) is 0 Å². The molecule has 3 aromatic heterocycles. The lowest BCUT2D eigenvalue weighted by molar-refractivity contribution is 1.15. The molecule has 0 fully saturated rings. The second-order valence-corrected chi connectivity index (χ2v) is 14.0. The first-order chi connectivity index (χ1) is 27.2. The first kappa shape index (κ1) is 30.7. The van der Waals surface area contributed by atoms with Crippen molar-refractivity contribution in [2.45, 2.75) is 0 Å². The van der Waals surface area contributed by atoms with E-state index in [1.54, 1.807) is 0 Å². The van der Waals surface area contributed by atoms with Gasteiger partial charge >= 0.3 is 0 Å². The van der Waals surface area contributed by atoms with Gasteiger partial charge in [0.15, 0.2) is 5.69 Å². The quantitative estimate of drug-likeness (QED) is 0.163. The molecule has 0 atom stereocenters. The molecule has 5 heteroatoms. The van der Waals surface area contributed by atoms with Crippen LogP contribution < -0.4 is 0 Å². The van der Waals surface area contributed by atoms with Crippen molar-refractivity contribution in [3.8, 4) is 28.2 Å². The van der Waals surface area contributed by atoms with Crippen LogP contribution in [-0.4, -0.2) is 13.7 Å². The molecule has 11 rings (SSSR count). The summed E-state index contributed by atoms with van der Waals surface area (Å²) >= 11 is 0. The van der Waals surface area contributed by atoms with Gasteiger partial charge in [0.25, 0.3) is 0 Å². The Hall–Kier alpha value is -7.86. The van der Waals surface area contributed by atoms with Crippen molar-refractivity contribution in [2.75, 3.05) is 0 Å². The van der Waals surface area contributed by atoms with Gasteiger partial charge in [0, 0.05) is 49.2 Å². The van der Waals surface area contributed by atoms with Crippen molar-refractivity contribution in [3.63, 3.8) is 0 Å². The van der Waals surface area contributed by atoms with Gasteiger partial charge in [0.2, 0.25) is 5.69 Å². The summed E-state index contributed by atoms with van der Waals surface area (Å²) in [6, 6.07) is 61.5. The van der Waals surface area contributed by atoms with Crippen LogP contribution in [0.4, 0.5) is 11.4 Å². The molecule has 254 valence electrons. The third kappa shape index (κ3) is 4.51. The molecular weight excluding hydrogens is 671 g/mol. The Balaban J connectivity index is 1.12. The van der Waals surface area contributed by atoms with Crippen molar-refractivity contribution >= 4 is 76.8 Å². The molecule has 11 aromatic rings. The molecule has 3 heterocycles. The Bertz CT molecular complexity index is 3420. The number of aromatic nitrogens is 3. The van der Waals surface area contributed by atoms with Crippen LogP contribution in [0.5, 0.6) is 0 Å². The van der Waals surface area contributed by atoms with Gasteiger partial charge in [0.1, 0.15) is 0 Å². The van der Waals surface area contributed by atoms with E-state index >= 15 is 0 Å². The normalized spacial score (nSPS) is 11.6. The monoisotopic (exact) mass is 699 g/mol. The number of para-hydroxylation sites is 4. The predicted octanol–water partition coefficient (Wildman–Crippen LogP) is 13.7. The maximum atomic E-state index is 8.16. The summed E-state index contributed by atoms with van der Waals surface area (Å²) in [4.78, 5) is 7.70. The van der Waals surface area contributed by atoms with Crippen molar-refractivity contribution in [2.24, 2.45) is 0 Å². The van der Waals surface area contributed by atoms with E-state index in [0.29, 0.717) is 11.4 Å². The number of nitrogens with zero attached hydrogens (tertiary/aromatic N) is 5. The fraction of sp³-hybridized carbons (Fsp3) is 0. The van der Waals surface area contributed by atoms with Gasteiger partial charge in [-0.05, 0) is 71.8 Å². The second kappa shape index (κ2) is 11.8. The van der Waals surface area contributed by atoms with E-state index in [1.165, 1.54) is 32.6 Å². The van der Waals surface area contributed by atoms with E-state index in [1.807, 2.05) is 42.5 Å². The number of hydrogen-bond acceptors (Lipinski definition) is 0. The molecule has 55 heavy (non-hydrogen) atoms. The van der Waals surface area contributed by atoms with Crippen LogP contribution in [-0.2, 0) is 0 Å². The van der Waals surface area contributed by atoms with E-state index in [0.717, 1.165) is 61.0 Å². The molecule has 0 spiro atoms. The predicted molar refractivity (Wildman–Crippen MR) is 227 cm³/mol. The van der Waals surface area contributed by atoms with Gasteiger partial charge in [0.05, 0.1) is 46.4 Å². The van der Waals surface area contributed by atoms with E-state index in [9.17, 15) is 0 Å². The largest absolute Gasteiger partial charge is 0.320 e. The molecule has 0 N–H and O–H groups in total. The Kier molecular flexibility index (Phi) is 6.61. The molecule has 8 aromatic carbocycles. The second-order valence-electron chi connectivity index (χ2n) is 14.0. The number of rotatable bonds is 4. The highest BCUT2D eigenvalue weighted by Crippen LogP contribution is 2.41. The molecule has 0 saturated heterocycles.